The van der Waals surface area contributed by atoms with Gasteiger partial charge in [-0.2, -0.15) is 0 Å². The average Bonchev–Trinajstić information content (AvgIpc) is 2.26. The van der Waals surface area contributed by atoms with Gasteiger partial charge in [0.2, 0.25) is 0 Å². The van der Waals surface area contributed by atoms with Gasteiger partial charge in [0.15, 0.2) is 8.32 Å². The van der Waals surface area contributed by atoms with Gasteiger partial charge in [0.1, 0.15) is 0 Å². The molecule has 0 aliphatic heterocycles. The van der Waals surface area contributed by atoms with Gasteiger partial charge in [-0.1, -0.05) is 26.7 Å². The van der Waals surface area contributed by atoms with Gasteiger partial charge >= 0.3 is 5.97 Å². The zero-order chi connectivity index (χ0) is 14.9. The average molecular weight is 284 g/mol. The van der Waals surface area contributed by atoms with Crippen LogP contribution in [0.25, 0.3) is 0 Å². The molecule has 0 aromatic heterocycles. The molecule has 0 aliphatic carbocycles. The number of carbonyl (C=O) groups is 1. The maximum atomic E-state index is 11.0. The maximum absolute atomic E-state index is 11.0. The molecule has 0 saturated carbocycles. The van der Waals surface area contributed by atoms with Gasteiger partial charge in [-0.25, -0.2) is 4.79 Å². The lowest BCUT2D eigenvalue weighted by Gasteiger charge is -2.36. The van der Waals surface area contributed by atoms with E-state index in [9.17, 15) is 4.79 Å². The Morgan fingerprint density at radius 3 is 2.37 bits per heavy atom. The third-order valence-corrected chi connectivity index (χ3v) is 7.97. The molecule has 4 heteroatoms. The number of rotatable bonds is 6. The van der Waals surface area contributed by atoms with Crippen LogP contribution in [-0.2, 0) is 14.0 Å². The van der Waals surface area contributed by atoms with Crippen LogP contribution in [0.2, 0.25) is 18.1 Å². The molecule has 0 amide bonds. The monoisotopic (exact) mass is 284 g/mol. The fourth-order valence-corrected chi connectivity index (χ4v) is 2.25. The molecule has 0 aromatic carbocycles. The van der Waals surface area contributed by atoms with Crippen molar-refractivity contribution in [3.8, 4) is 11.8 Å². The first-order chi connectivity index (χ1) is 8.70. The van der Waals surface area contributed by atoms with Gasteiger partial charge in [-0.05, 0) is 37.9 Å². The van der Waals surface area contributed by atoms with Crippen LogP contribution < -0.4 is 0 Å². The third-order valence-electron chi connectivity index (χ3n) is 3.43. The van der Waals surface area contributed by atoms with Crippen molar-refractivity contribution in [2.45, 2.75) is 65.1 Å². The van der Waals surface area contributed by atoms with Crippen LogP contribution in [0, 0.1) is 11.8 Å². The molecule has 0 saturated heterocycles. The van der Waals surface area contributed by atoms with E-state index in [1.807, 2.05) is 0 Å². The van der Waals surface area contributed by atoms with Crippen LogP contribution in [0.15, 0.2) is 0 Å². The molecule has 0 radical (unpaired) electrons. The van der Waals surface area contributed by atoms with Crippen molar-refractivity contribution in [3.05, 3.63) is 0 Å². The van der Waals surface area contributed by atoms with Crippen molar-refractivity contribution in [3.63, 3.8) is 0 Å². The van der Waals surface area contributed by atoms with Crippen LogP contribution in [0.5, 0.6) is 0 Å². The normalized spacial score (nSPS) is 11.7. The summed E-state index contributed by atoms with van der Waals surface area (Å²) in [6.45, 7) is 14.2. The van der Waals surface area contributed by atoms with Crippen molar-refractivity contribution < 1.29 is 14.0 Å². The smallest absolute Gasteiger partial charge is 0.384 e. The predicted octanol–water partition coefficient (Wildman–Crippen LogP) is 3.75. The summed E-state index contributed by atoms with van der Waals surface area (Å²) in [6.07, 6.45) is 2.67. The minimum atomic E-state index is -1.61. The van der Waals surface area contributed by atoms with E-state index in [1.54, 1.807) is 6.92 Å². The Kier molecular flexibility index (Phi) is 8.04. The zero-order valence-corrected chi connectivity index (χ0v) is 14.3. The molecule has 0 aromatic rings. The first-order valence-electron chi connectivity index (χ1n) is 7.00. The van der Waals surface area contributed by atoms with Crippen LogP contribution in [-0.4, -0.2) is 27.5 Å². The quantitative estimate of drug-likeness (QED) is 0.245. The largest absolute Gasteiger partial charge is 0.456 e. The molecule has 3 nitrogen and oxygen atoms in total. The highest BCUT2D eigenvalue weighted by molar-refractivity contribution is 6.74. The van der Waals surface area contributed by atoms with Crippen molar-refractivity contribution in [1.29, 1.82) is 0 Å². The Morgan fingerprint density at radius 1 is 1.21 bits per heavy atom. The summed E-state index contributed by atoms with van der Waals surface area (Å²) in [5.41, 5.74) is 0. The minimum absolute atomic E-state index is 0.261. The lowest BCUT2D eigenvalue weighted by Crippen LogP contribution is -2.40. The van der Waals surface area contributed by atoms with E-state index in [-0.39, 0.29) is 5.04 Å². The lowest BCUT2D eigenvalue weighted by molar-refractivity contribution is -0.136. The van der Waals surface area contributed by atoms with Gasteiger partial charge in [0.05, 0.1) is 6.61 Å². The van der Waals surface area contributed by atoms with E-state index >= 15 is 0 Å². The number of carbonyl (C=O) groups excluding carboxylic acids is 1. The lowest BCUT2D eigenvalue weighted by atomic mass is 10.2. The second-order valence-corrected chi connectivity index (χ2v) is 10.9. The van der Waals surface area contributed by atoms with E-state index in [0.717, 1.165) is 25.9 Å². The second-order valence-electron chi connectivity index (χ2n) is 6.09. The highest BCUT2D eigenvalue weighted by Crippen LogP contribution is 2.36. The summed E-state index contributed by atoms with van der Waals surface area (Å²) in [5.74, 6) is 4.87. The summed E-state index contributed by atoms with van der Waals surface area (Å²) in [7, 11) is -1.61. The van der Waals surface area contributed by atoms with Gasteiger partial charge in [0, 0.05) is 18.9 Å². The van der Waals surface area contributed by atoms with Crippen LogP contribution in [0.3, 0.4) is 0 Å². The summed E-state index contributed by atoms with van der Waals surface area (Å²) in [4.78, 5) is 11.0. The maximum Gasteiger partial charge on any atom is 0.384 e. The molecular weight excluding hydrogens is 256 g/mol. The molecule has 110 valence electrons. The van der Waals surface area contributed by atoms with Crippen molar-refractivity contribution >= 4 is 14.3 Å². The van der Waals surface area contributed by atoms with Crippen LogP contribution in [0.1, 0.15) is 47.0 Å². The van der Waals surface area contributed by atoms with Crippen LogP contribution >= 0.6 is 0 Å². The molecule has 0 fully saturated rings. The van der Waals surface area contributed by atoms with Gasteiger partial charge in [-0.15, -0.1) is 0 Å². The second kappa shape index (κ2) is 8.39. The van der Waals surface area contributed by atoms with E-state index in [4.69, 9.17) is 9.16 Å². The molecular formula is C15H28O3Si. The fraction of sp³-hybridized carbons (Fsp3) is 0.800. The fourth-order valence-electron chi connectivity index (χ4n) is 1.16. The molecule has 0 spiro atoms. The van der Waals surface area contributed by atoms with Gasteiger partial charge in [0.25, 0.3) is 0 Å². The summed E-state index contributed by atoms with van der Waals surface area (Å²) < 4.78 is 10.8. The molecule has 0 unspecified atom stereocenters. The molecule has 0 bridgehead atoms. The van der Waals surface area contributed by atoms with E-state index in [1.165, 1.54) is 0 Å². The topological polar surface area (TPSA) is 35.5 Å². The number of unbranched alkanes of at least 4 members (excludes halogenated alkanes) is 2. The minimum Gasteiger partial charge on any atom is -0.456 e. The highest BCUT2D eigenvalue weighted by Gasteiger charge is 2.36. The third kappa shape index (κ3) is 8.07. The Hall–Kier alpha value is -0.793. The Balaban J connectivity index is 3.75. The molecule has 0 heterocycles. The molecule has 0 rings (SSSR count). The number of ether oxygens (including phenoxy) is 1. The SMILES string of the molecule is CCOC(=O)C#CCCCCO[Si](C)(C)C(C)(C)C. The highest BCUT2D eigenvalue weighted by atomic mass is 28.4. The van der Waals surface area contributed by atoms with Crippen LogP contribution in [0.4, 0.5) is 0 Å². The first kappa shape index (κ1) is 18.2. The molecule has 0 atom stereocenters. The summed E-state index contributed by atoms with van der Waals surface area (Å²) >= 11 is 0. The van der Waals surface area contributed by atoms with E-state index < -0.39 is 14.3 Å². The standard InChI is InChI=1S/C15H28O3Si/c1-7-17-14(16)12-10-8-9-11-13-18-19(5,6)15(2,3)4/h7-9,11,13H2,1-6H3. The first-order valence-corrected chi connectivity index (χ1v) is 9.91. The van der Waals surface area contributed by atoms with Crippen molar-refractivity contribution in [2.24, 2.45) is 0 Å². The Labute approximate surface area is 119 Å². The number of hydrogen-bond acceptors (Lipinski definition) is 3. The van der Waals surface area contributed by atoms with Crippen molar-refractivity contribution in [2.75, 3.05) is 13.2 Å². The number of esters is 1. The van der Waals surface area contributed by atoms with Gasteiger partial charge in [-0.3, -0.25) is 0 Å². The Bertz CT molecular complexity index is 332. The van der Waals surface area contributed by atoms with E-state index in [2.05, 4.69) is 45.7 Å². The van der Waals surface area contributed by atoms with E-state index in [0.29, 0.717) is 6.61 Å². The predicted molar refractivity (Wildman–Crippen MR) is 81.4 cm³/mol. The van der Waals surface area contributed by atoms with Gasteiger partial charge < -0.3 is 9.16 Å². The molecule has 0 N–H and O–H groups in total. The summed E-state index contributed by atoms with van der Waals surface area (Å²) in [5, 5.41) is 0.261. The Morgan fingerprint density at radius 2 is 1.84 bits per heavy atom. The number of hydrogen-bond donors (Lipinski definition) is 0. The van der Waals surface area contributed by atoms with Crippen molar-refractivity contribution in [1.82, 2.24) is 0 Å². The molecule has 19 heavy (non-hydrogen) atoms. The summed E-state index contributed by atoms with van der Waals surface area (Å²) in [6, 6.07) is 0. The molecule has 0 aliphatic rings. The zero-order valence-electron chi connectivity index (χ0n) is 13.3.